The molecule has 0 aliphatic carbocycles. The molecule has 5 nitrogen and oxygen atoms in total. The van der Waals surface area contributed by atoms with Gasteiger partial charge in [-0.3, -0.25) is 4.79 Å². The highest BCUT2D eigenvalue weighted by molar-refractivity contribution is 9.11. The summed E-state index contributed by atoms with van der Waals surface area (Å²) in [6.07, 6.45) is 0. The molecule has 2 heterocycles. The van der Waals surface area contributed by atoms with Gasteiger partial charge in [-0.2, -0.15) is 0 Å². The molecule has 2 aromatic rings. The number of amides is 1. The maximum Gasteiger partial charge on any atom is 0.228 e. The lowest BCUT2D eigenvalue weighted by atomic mass is 10.1. The number of halogens is 1. The topological polar surface area (TPSA) is 59.8 Å². The van der Waals surface area contributed by atoms with Gasteiger partial charge >= 0.3 is 0 Å². The highest BCUT2D eigenvalue weighted by atomic mass is 79.9. The van der Waals surface area contributed by atoms with Gasteiger partial charge in [0.15, 0.2) is 5.82 Å². The number of thiophene rings is 1. The van der Waals surface area contributed by atoms with E-state index in [1.54, 1.807) is 11.3 Å². The maximum absolute atomic E-state index is 12.1. The molecule has 1 N–H and O–H groups in total. The van der Waals surface area contributed by atoms with Crippen LogP contribution in [-0.4, -0.2) is 20.7 Å². The summed E-state index contributed by atoms with van der Waals surface area (Å²) in [4.78, 5) is 13.1. The maximum atomic E-state index is 12.1. The molecular weight excluding hydrogens is 328 g/mol. The van der Waals surface area contributed by atoms with Crippen LogP contribution in [0.2, 0.25) is 0 Å². The van der Waals surface area contributed by atoms with Gasteiger partial charge in [0.2, 0.25) is 5.91 Å². The second-order valence-electron chi connectivity index (χ2n) is 4.30. The fraction of sp³-hybridized carbons (Fsp3) is 0.417. The van der Waals surface area contributed by atoms with Gasteiger partial charge < -0.3 is 9.88 Å². The van der Waals surface area contributed by atoms with Crippen molar-refractivity contribution in [2.24, 2.45) is 7.05 Å². The molecule has 2 rings (SSSR count). The Hall–Kier alpha value is -1.21. The molecule has 0 fully saturated rings. The van der Waals surface area contributed by atoms with Crippen molar-refractivity contribution in [2.45, 2.75) is 26.3 Å². The van der Waals surface area contributed by atoms with Crippen LogP contribution in [0.4, 0.5) is 0 Å². The highest BCUT2D eigenvalue weighted by Crippen LogP contribution is 2.28. The first-order chi connectivity index (χ1) is 8.99. The summed E-state index contributed by atoms with van der Waals surface area (Å²) >= 11 is 4.98. The van der Waals surface area contributed by atoms with E-state index in [0.29, 0.717) is 6.54 Å². The number of hydrogen-bond donors (Lipinski definition) is 1. The van der Waals surface area contributed by atoms with Crippen molar-refractivity contribution in [1.82, 2.24) is 20.1 Å². The van der Waals surface area contributed by atoms with Gasteiger partial charge in [-0.05, 0) is 41.9 Å². The van der Waals surface area contributed by atoms with Crippen molar-refractivity contribution in [2.75, 3.05) is 0 Å². The Morgan fingerprint density at radius 1 is 1.53 bits per heavy atom. The molecule has 102 valence electrons. The highest BCUT2D eigenvalue weighted by Gasteiger charge is 2.17. The van der Waals surface area contributed by atoms with E-state index < -0.39 is 0 Å². The zero-order valence-electron chi connectivity index (χ0n) is 11.0. The normalized spacial score (nSPS) is 12.4. The lowest BCUT2D eigenvalue weighted by Crippen LogP contribution is -2.28. The number of rotatable bonds is 4. The predicted octanol–water partition coefficient (Wildman–Crippen LogP) is 2.37. The van der Waals surface area contributed by atoms with Crippen LogP contribution in [0.5, 0.6) is 0 Å². The zero-order chi connectivity index (χ0) is 14.0. The number of carbonyl (C=O) groups excluding carboxylic acids is 1. The first-order valence-electron chi connectivity index (χ1n) is 5.87. The average molecular weight is 343 g/mol. The molecule has 0 aliphatic rings. The van der Waals surface area contributed by atoms with Crippen molar-refractivity contribution in [3.8, 4) is 0 Å². The number of carbonyl (C=O) groups is 1. The summed E-state index contributed by atoms with van der Waals surface area (Å²) in [7, 11) is 1.89. The predicted molar refractivity (Wildman–Crippen MR) is 78.0 cm³/mol. The van der Waals surface area contributed by atoms with E-state index in [1.807, 2.05) is 37.6 Å². The number of nitrogens with zero attached hydrogens (tertiary/aromatic N) is 3. The standard InChI is InChI=1S/C12H15BrN4OS/c1-7(9-4-5-10(13)19-9)12(18)14-6-11-16-15-8(2)17(11)3/h4-5,7H,6H2,1-3H3,(H,14,18)/t7-/m0/s1. The van der Waals surface area contributed by atoms with E-state index in [2.05, 4.69) is 31.4 Å². The monoisotopic (exact) mass is 342 g/mol. The van der Waals surface area contributed by atoms with Gasteiger partial charge in [-0.15, -0.1) is 21.5 Å². The summed E-state index contributed by atoms with van der Waals surface area (Å²) in [5.74, 6) is 1.42. The van der Waals surface area contributed by atoms with Gasteiger partial charge in [0, 0.05) is 11.9 Å². The van der Waals surface area contributed by atoms with Crippen LogP contribution in [0, 0.1) is 6.92 Å². The van der Waals surface area contributed by atoms with Crippen molar-refractivity contribution < 1.29 is 4.79 Å². The molecule has 0 spiro atoms. The summed E-state index contributed by atoms with van der Waals surface area (Å²) < 4.78 is 2.90. The van der Waals surface area contributed by atoms with Crippen LogP contribution in [-0.2, 0) is 18.4 Å². The lowest BCUT2D eigenvalue weighted by Gasteiger charge is -2.10. The first-order valence-corrected chi connectivity index (χ1v) is 7.47. The molecule has 1 amide bonds. The summed E-state index contributed by atoms with van der Waals surface area (Å²) in [5, 5.41) is 10.9. The molecule has 0 radical (unpaired) electrons. The lowest BCUT2D eigenvalue weighted by molar-refractivity contribution is -0.122. The number of hydrogen-bond acceptors (Lipinski definition) is 4. The minimum Gasteiger partial charge on any atom is -0.348 e. The SMILES string of the molecule is Cc1nnc(CNC(=O)[C@@H](C)c2ccc(Br)s2)n1C. The van der Waals surface area contributed by atoms with E-state index in [1.165, 1.54) is 0 Å². The minimum atomic E-state index is -0.161. The molecule has 0 aliphatic heterocycles. The summed E-state index contributed by atoms with van der Waals surface area (Å²) in [6.45, 7) is 4.17. The first kappa shape index (κ1) is 14.2. The quantitative estimate of drug-likeness (QED) is 0.927. The van der Waals surface area contributed by atoms with Crippen LogP contribution in [0.25, 0.3) is 0 Å². The Kier molecular flexibility index (Phi) is 4.36. The smallest absolute Gasteiger partial charge is 0.228 e. The number of nitrogens with one attached hydrogen (secondary N) is 1. The second-order valence-corrected chi connectivity index (χ2v) is 6.80. The molecule has 0 unspecified atom stereocenters. The van der Waals surface area contributed by atoms with Crippen LogP contribution >= 0.6 is 27.3 Å². The van der Waals surface area contributed by atoms with Gasteiger partial charge in [0.05, 0.1) is 16.2 Å². The molecule has 7 heteroatoms. The number of aryl methyl sites for hydroxylation is 1. The van der Waals surface area contributed by atoms with Gasteiger partial charge in [0.25, 0.3) is 0 Å². The molecule has 0 saturated carbocycles. The fourth-order valence-corrected chi connectivity index (χ4v) is 3.09. The van der Waals surface area contributed by atoms with Crippen LogP contribution < -0.4 is 5.32 Å². The van der Waals surface area contributed by atoms with Gasteiger partial charge in [0.1, 0.15) is 5.82 Å². The zero-order valence-corrected chi connectivity index (χ0v) is 13.4. The summed E-state index contributed by atoms with van der Waals surface area (Å²) in [5.41, 5.74) is 0. The van der Waals surface area contributed by atoms with Crippen molar-refractivity contribution in [3.05, 3.63) is 32.4 Å². The molecule has 2 aromatic heterocycles. The van der Waals surface area contributed by atoms with E-state index >= 15 is 0 Å². The Morgan fingerprint density at radius 3 is 2.79 bits per heavy atom. The number of aromatic nitrogens is 3. The average Bonchev–Trinajstić information content (AvgIpc) is 2.95. The Morgan fingerprint density at radius 2 is 2.26 bits per heavy atom. The Bertz CT molecular complexity index is 592. The van der Waals surface area contributed by atoms with E-state index in [4.69, 9.17) is 0 Å². The van der Waals surface area contributed by atoms with Gasteiger partial charge in [-0.1, -0.05) is 0 Å². The van der Waals surface area contributed by atoms with E-state index in [0.717, 1.165) is 20.3 Å². The molecule has 19 heavy (non-hydrogen) atoms. The van der Waals surface area contributed by atoms with Crippen molar-refractivity contribution in [1.29, 1.82) is 0 Å². The van der Waals surface area contributed by atoms with Gasteiger partial charge in [-0.25, -0.2) is 0 Å². The Labute approximate surface area is 124 Å². The Balaban J connectivity index is 1.96. The third-order valence-corrected chi connectivity index (χ3v) is 4.82. The molecule has 0 bridgehead atoms. The van der Waals surface area contributed by atoms with Crippen LogP contribution in [0.3, 0.4) is 0 Å². The third-order valence-electron chi connectivity index (χ3n) is 3.02. The van der Waals surface area contributed by atoms with Crippen LogP contribution in [0.15, 0.2) is 15.9 Å². The minimum absolute atomic E-state index is 0.00463. The van der Waals surface area contributed by atoms with Crippen LogP contribution in [0.1, 0.15) is 29.4 Å². The second kappa shape index (κ2) is 5.83. The van der Waals surface area contributed by atoms with Crippen molar-refractivity contribution in [3.63, 3.8) is 0 Å². The summed E-state index contributed by atoms with van der Waals surface area (Å²) in [6, 6.07) is 3.92. The van der Waals surface area contributed by atoms with Crippen molar-refractivity contribution >= 4 is 33.2 Å². The largest absolute Gasteiger partial charge is 0.348 e. The molecule has 0 saturated heterocycles. The third kappa shape index (κ3) is 3.22. The molecular formula is C12H15BrN4OS. The molecule has 0 aromatic carbocycles. The van der Waals surface area contributed by atoms with E-state index in [-0.39, 0.29) is 11.8 Å². The molecule has 1 atom stereocenters. The fourth-order valence-electron chi connectivity index (χ4n) is 1.61. The van der Waals surface area contributed by atoms with E-state index in [9.17, 15) is 4.79 Å².